The molecule has 0 spiro atoms. The monoisotopic (exact) mass is 298 g/mol. The molecule has 1 heterocycles. The molecule has 0 aliphatic heterocycles. The van der Waals surface area contributed by atoms with Crippen LogP contribution in [0.25, 0.3) is 0 Å². The summed E-state index contributed by atoms with van der Waals surface area (Å²) in [5.41, 5.74) is 5.55. The molecule has 2 aromatic rings. The highest BCUT2D eigenvalue weighted by atomic mass is 19.2. The molecule has 8 heteroatoms. The number of nitrogen functional groups attached to an aromatic ring is 1. The first-order valence-corrected chi connectivity index (χ1v) is 6.18. The fourth-order valence-electron chi connectivity index (χ4n) is 1.54. The van der Waals surface area contributed by atoms with Crippen LogP contribution < -0.4 is 15.8 Å². The molecule has 0 aliphatic carbocycles. The van der Waals surface area contributed by atoms with E-state index in [4.69, 9.17) is 10.5 Å². The minimum absolute atomic E-state index is 0.0426. The fourth-order valence-corrected chi connectivity index (χ4v) is 1.54. The second kappa shape index (κ2) is 6.29. The highest BCUT2D eigenvalue weighted by Crippen LogP contribution is 2.29. The van der Waals surface area contributed by atoms with E-state index in [0.717, 1.165) is 18.6 Å². The lowest BCUT2D eigenvalue weighted by molar-refractivity contribution is 0.307. The van der Waals surface area contributed by atoms with Gasteiger partial charge in [0.25, 0.3) is 0 Å². The summed E-state index contributed by atoms with van der Waals surface area (Å²) in [6.07, 6.45) is 1.92. The van der Waals surface area contributed by atoms with E-state index < -0.39 is 17.5 Å². The lowest BCUT2D eigenvalue weighted by Crippen LogP contribution is -2.07. The van der Waals surface area contributed by atoms with Gasteiger partial charge in [-0.05, 0) is 18.6 Å². The normalized spacial score (nSPS) is 10.5. The number of nitrogens with one attached hydrogen (secondary N) is 1. The van der Waals surface area contributed by atoms with Crippen LogP contribution in [0.4, 0.5) is 30.4 Å². The van der Waals surface area contributed by atoms with Gasteiger partial charge in [-0.2, -0.15) is 4.98 Å². The number of rotatable bonds is 5. The van der Waals surface area contributed by atoms with Gasteiger partial charge in [-0.3, -0.25) is 0 Å². The molecular weight excluding hydrogens is 285 g/mol. The van der Waals surface area contributed by atoms with Crippen molar-refractivity contribution in [2.45, 2.75) is 13.3 Å². The van der Waals surface area contributed by atoms with E-state index in [2.05, 4.69) is 15.3 Å². The van der Waals surface area contributed by atoms with Crippen molar-refractivity contribution >= 4 is 17.2 Å². The number of anilines is 3. The Hall–Kier alpha value is -2.51. The number of ether oxygens (including phenoxy) is 1. The quantitative estimate of drug-likeness (QED) is 0.830. The van der Waals surface area contributed by atoms with Gasteiger partial charge in [-0.25, -0.2) is 18.2 Å². The maximum Gasteiger partial charge on any atom is 0.242 e. The van der Waals surface area contributed by atoms with E-state index in [1.165, 1.54) is 6.33 Å². The minimum Gasteiger partial charge on any atom is -0.476 e. The zero-order valence-corrected chi connectivity index (χ0v) is 11.2. The van der Waals surface area contributed by atoms with E-state index in [-0.39, 0.29) is 23.1 Å². The van der Waals surface area contributed by atoms with Crippen LogP contribution in [0, 0.1) is 17.5 Å². The van der Waals surface area contributed by atoms with E-state index in [9.17, 15) is 13.2 Å². The summed E-state index contributed by atoms with van der Waals surface area (Å²) in [5, 5.41) is 2.49. The lowest BCUT2D eigenvalue weighted by atomic mass is 10.2. The molecule has 5 nitrogen and oxygen atoms in total. The first-order valence-electron chi connectivity index (χ1n) is 6.18. The molecular formula is C13H13F3N4O. The largest absolute Gasteiger partial charge is 0.476 e. The second-order valence-corrected chi connectivity index (χ2v) is 4.14. The summed E-state index contributed by atoms with van der Waals surface area (Å²) in [4.78, 5) is 7.67. The number of aromatic nitrogens is 2. The highest BCUT2D eigenvalue weighted by Gasteiger charge is 2.16. The van der Waals surface area contributed by atoms with Crippen molar-refractivity contribution in [2.75, 3.05) is 17.7 Å². The molecule has 0 saturated heterocycles. The van der Waals surface area contributed by atoms with Crippen LogP contribution in [0.15, 0.2) is 18.5 Å². The van der Waals surface area contributed by atoms with Crippen molar-refractivity contribution in [3.05, 3.63) is 35.9 Å². The lowest BCUT2D eigenvalue weighted by Gasteiger charge is -2.12. The average molecular weight is 298 g/mol. The summed E-state index contributed by atoms with van der Waals surface area (Å²) in [5.74, 6) is -4.03. The SMILES string of the molecule is CCCOc1ncnc(Nc2ccc(F)c(F)c2F)c1N. The molecule has 0 amide bonds. The van der Waals surface area contributed by atoms with Gasteiger partial charge < -0.3 is 15.8 Å². The van der Waals surface area contributed by atoms with Crippen LogP contribution in [-0.4, -0.2) is 16.6 Å². The molecule has 3 N–H and O–H groups in total. The van der Waals surface area contributed by atoms with Gasteiger partial charge in [0, 0.05) is 0 Å². The average Bonchev–Trinajstić information content (AvgIpc) is 2.48. The molecule has 1 aromatic carbocycles. The molecule has 0 aliphatic rings. The van der Waals surface area contributed by atoms with Crippen molar-refractivity contribution in [1.82, 2.24) is 9.97 Å². The van der Waals surface area contributed by atoms with E-state index in [0.29, 0.717) is 6.61 Å². The van der Waals surface area contributed by atoms with Crippen molar-refractivity contribution < 1.29 is 17.9 Å². The highest BCUT2D eigenvalue weighted by molar-refractivity contribution is 5.72. The molecule has 0 atom stereocenters. The van der Waals surface area contributed by atoms with Crippen LogP contribution in [0.3, 0.4) is 0 Å². The number of benzene rings is 1. The van der Waals surface area contributed by atoms with Gasteiger partial charge in [-0.1, -0.05) is 6.92 Å². The Morgan fingerprint density at radius 1 is 1.19 bits per heavy atom. The summed E-state index contributed by atoms with van der Waals surface area (Å²) in [6, 6.07) is 1.84. The van der Waals surface area contributed by atoms with Gasteiger partial charge >= 0.3 is 0 Å². The van der Waals surface area contributed by atoms with E-state index >= 15 is 0 Å². The maximum atomic E-state index is 13.6. The number of nitrogens with two attached hydrogens (primary N) is 1. The number of halogens is 3. The van der Waals surface area contributed by atoms with Gasteiger partial charge in [0.15, 0.2) is 23.3 Å². The molecule has 0 radical (unpaired) electrons. The zero-order valence-electron chi connectivity index (χ0n) is 11.2. The Morgan fingerprint density at radius 3 is 2.67 bits per heavy atom. The molecule has 2 rings (SSSR count). The number of hydrogen-bond acceptors (Lipinski definition) is 5. The Bertz CT molecular complexity index is 652. The van der Waals surface area contributed by atoms with Crippen LogP contribution in [0.2, 0.25) is 0 Å². The summed E-state index contributed by atoms with van der Waals surface area (Å²) >= 11 is 0. The third-order valence-electron chi connectivity index (χ3n) is 2.58. The van der Waals surface area contributed by atoms with Crippen LogP contribution in [-0.2, 0) is 0 Å². The first kappa shape index (κ1) is 14.9. The van der Waals surface area contributed by atoms with Gasteiger partial charge in [0.2, 0.25) is 5.88 Å². The van der Waals surface area contributed by atoms with Gasteiger partial charge in [0.1, 0.15) is 12.0 Å². The first-order chi connectivity index (χ1) is 10.0. The smallest absolute Gasteiger partial charge is 0.242 e. The minimum atomic E-state index is -1.57. The van der Waals surface area contributed by atoms with Gasteiger partial charge in [-0.15, -0.1) is 0 Å². The Labute approximate surface area is 119 Å². The van der Waals surface area contributed by atoms with Gasteiger partial charge in [0.05, 0.1) is 12.3 Å². The van der Waals surface area contributed by atoms with Crippen molar-refractivity contribution in [2.24, 2.45) is 0 Å². The fraction of sp³-hybridized carbons (Fsp3) is 0.231. The third kappa shape index (κ3) is 3.15. The molecule has 0 fully saturated rings. The molecule has 0 bridgehead atoms. The number of nitrogens with zero attached hydrogens (tertiary/aromatic N) is 2. The van der Waals surface area contributed by atoms with Crippen LogP contribution in [0.1, 0.15) is 13.3 Å². The Balaban J connectivity index is 2.30. The van der Waals surface area contributed by atoms with Crippen molar-refractivity contribution in [3.63, 3.8) is 0 Å². The van der Waals surface area contributed by atoms with Crippen LogP contribution in [0.5, 0.6) is 5.88 Å². The summed E-state index contributed by atoms with van der Waals surface area (Å²) < 4.78 is 44.9. The predicted molar refractivity (Wildman–Crippen MR) is 71.8 cm³/mol. The summed E-state index contributed by atoms with van der Waals surface area (Å²) in [7, 11) is 0. The Kier molecular flexibility index (Phi) is 4.46. The molecule has 112 valence electrons. The zero-order chi connectivity index (χ0) is 15.4. The molecule has 1 aromatic heterocycles. The maximum absolute atomic E-state index is 13.6. The standard InChI is InChI=1S/C13H13F3N4O/c1-2-5-21-13-11(17)12(18-6-19-13)20-8-4-3-7(14)9(15)10(8)16/h3-4,6H,2,5,17H2,1H3,(H,18,19,20). The predicted octanol–water partition coefficient (Wildman–Crippen LogP) is 3.01. The number of hydrogen-bond donors (Lipinski definition) is 2. The molecule has 0 saturated carbocycles. The molecule has 0 unspecified atom stereocenters. The Morgan fingerprint density at radius 2 is 1.95 bits per heavy atom. The van der Waals surface area contributed by atoms with Crippen LogP contribution >= 0.6 is 0 Å². The van der Waals surface area contributed by atoms with E-state index in [1.807, 2.05) is 6.92 Å². The molecule has 21 heavy (non-hydrogen) atoms. The topological polar surface area (TPSA) is 73.1 Å². The van der Waals surface area contributed by atoms with Crippen molar-refractivity contribution in [3.8, 4) is 5.88 Å². The van der Waals surface area contributed by atoms with Crippen molar-refractivity contribution in [1.29, 1.82) is 0 Å². The third-order valence-corrected chi connectivity index (χ3v) is 2.58. The summed E-state index contributed by atoms with van der Waals surface area (Å²) in [6.45, 7) is 2.31. The van der Waals surface area contributed by atoms with E-state index in [1.54, 1.807) is 0 Å². The second-order valence-electron chi connectivity index (χ2n) is 4.14.